The first kappa shape index (κ1) is 25.3. The Morgan fingerprint density at radius 1 is 0.750 bits per heavy atom. The lowest BCUT2D eigenvalue weighted by molar-refractivity contribution is 0.104. The molecule has 4 nitrogen and oxygen atoms in total. The van der Waals surface area contributed by atoms with Gasteiger partial charge in [0, 0.05) is 4.47 Å². The van der Waals surface area contributed by atoms with Crippen molar-refractivity contribution in [1.82, 2.24) is 0 Å². The molecule has 0 atom stereocenters. The number of carbonyl (C=O) groups is 1. The van der Waals surface area contributed by atoms with E-state index < -0.39 is 0 Å². The van der Waals surface area contributed by atoms with Gasteiger partial charge in [-0.05, 0) is 59.9 Å². The second-order valence-corrected chi connectivity index (χ2v) is 9.18. The van der Waals surface area contributed by atoms with E-state index in [9.17, 15) is 9.90 Å². The zero-order valence-corrected chi connectivity index (χ0v) is 21.4. The predicted molar refractivity (Wildman–Crippen MR) is 146 cm³/mol. The summed E-state index contributed by atoms with van der Waals surface area (Å²) >= 11 is 3.43. The molecule has 0 saturated carbocycles. The summed E-state index contributed by atoms with van der Waals surface area (Å²) < 4.78 is 13.0. The lowest BCUT2D eigenvalue weighted by Crippen LogP contribution is -2.04. The van der Waals surface area contributed by atoms with Crippen LogP contribution >= 0.6 is 15.9 Å². The van der Waals surface area contributed by atoms with Crippen molar-refractivity contribution in [2.24, 2.45) is 0 Å². The molecule has 4 rings (SSSR count). The number of rotatable bonds is 11. The Morgan fingerprint density at radius 3 is 2.00 bits per heavy atom. The summed E-state index contributed by atoms with van der Waals surface area (Å²) in [6.45, 7) is 0.544. The van der Waals surface area contributed by atoms with Gasteiger partial charge in [0.25, 0.3) is 0 Å². The summed E-state index contributed by atoms with van der Waals surface area (Å²) in [5.74, 6) is 0.0217. The van der Waals surface area contributed by atoms with E-state index in [4.69, 9.17) is 9.47 Å². The van der Waals surface area contributed by atoms with Gasteiger partial charge in [-0.15, -0.1) is 0 Å². The highest BCUT2D eigenvalue weighted by molar-refractivity contribution is 9.10. The maximum Gasteiger partial charge on any atom is 0.204 e. The molecule has 0 saturated heterocycles. The van der Waals surface area contributed by atoms with Crippen LogP contribution in [-0.2, 0) is 19.6 Å². The molecule has 0 radical (unpaired) electrons. The van der Waals surface area contributed by atoms with Gasteiger partial charge < -0.3 is 14.6 Å². The molecule has 0 spiro atoms. The Balaban J connectivity index is 1.49. The fourth-order valence-corrected chi connectivity index (χ4v) is 3.92. The van der Waals surface area contributed by atoms with Crippen molar-refractivity contribution in [2.45, 2.75) is 26.1 Å². The van der Waals surface area contributed by atoms with E-state index in [2.05, 4.69) is 28.1 Å². The third kappa shape index (κ3) is 7.09. The number of phenols is 1. The zero-order valence-electron chi connectivity index (χ0n) is 19.8. The molecule has 4 aromatic rings. The zero-order chi connectivity index (χ0) is 25.2. The highest BCUT2D eigenvalue weighted by atomic mass is 79.9. The Kier molecular flexibility index (Phi) is 8.95. The standard InChI is InChI=1S/C31H27BrO4/c32-26-17-15-23(16-18-26)9-7-8-14-28(33)27-19-20-29(35-21-24-10-3-1-4-11-24)31(30(27)34)36-22-25-12-5-2-6-13-25/h1-6,8,10-20,34H,7,9,21-22H2/b14-8+. The highest BCUT2D eigenvalue weighted by Crippen LogP contribution is 2.40. The molecule has 0 bridgehead atoms. The van der Waals surface area contributed by atoms with Crippen molar-refractivity contribution in [1.29, 1.82) is 0 Å². The van der Waals surface area contributed by atoms with E-state index in [1.807, 2.05) is 78.9 Å². The second kappa shape index (κ2) is 12.8. The number of benzene rings is 4. The van der Waals surface area contributed by atoms with E-state index in [-0.39, 0.29) is 29.5 Å². The quantitative estimate of drug-likeness (QED) is 0.156. The fraction of sp³-hybridized carbons (Fsp3) is 0.129. The Bertz CT molecular complexity index is 1300. The lowest BCUT2D eigenvalue weighted by Gasteiger charge is -2.16. The molecule has 0 unspecified atom stereocenters. The van der Waals surface area contributed by atoms with Crippen LogP contribution in [0.2, 0.25) is 0 Å². The number of phenolic OH excluding ortho intramolecular Hbond substituents is 1. The predicted octanol–water partition coefficient (Wildman–Crippen LogP) is 7.68. The summed E-state index contributed by atoms with van der Waals surface area (Å²) in [5.41, 5.74) is 3.29. The SMILES string of the molecule is O=C(/C=C/CCc1ccc(Br)cc1)c1ccc(OCc2ccccc2)c(OCc2ccccc2)c1O. The van der Waals surface area contributed by atoms with Crippen molar-refractivity contribution in [3.63, 3.8) is 0 Å². The second-order valence-electron chi connectivity index (χ2n) is 8.27. The molecule has 5 heteroatoms. The van der Waals surface area contributed by atoms with Crippen LogP contribution in [0.5, 0.6) is 17.2 Å². The van der Waals surface area contributed by atoms with Gasteiger partial charge in [0.15, 0.2) is 17.3 Å². The molecule has 0 aromatic heterocycles. The third-order valence-electron chi connectivity index (χ3n) is 5.61. The van der Waals surface area contributed by atoms with Crippen molar-refractivity contribution < 1.29 is 19.4 Å². The summed E-state index contributed by atoms with van der Waals surface area (Å²) in [6.07, 6.45) is 4.86. The molecule has 36 heavy (non-hydrogen) atoms. The van der Waals surface area contributed by atoms with Gasteiger partial charge in [-0.1, -0.05) is 94.8 Å². The lowest BCUT2D eigenvalue weighted by atomic mass is 10.1. The van der Waals surface area contributed by atoms with Crippen LogP contribution in [0, 0.1) is 0 Å². The Hall–Kier alpha value is -3.83. The smallest absolute Gasteiger partial charge is 0.204 e. The molecular formula is C31H27BrO4. The van der Waals surface area contributed by atoms with Gasteiger partial charge in [-0.3, -0.25) is 4.79 Å². The molecular weight excluding hydrogens is 516 g/mol. The monoisotopic (exact) mass is 542 g/mol. The molecule has 1 N–H and O–H groups in total. The van der Waals surface area contributed by atoms with E-state index in [1.54, 1.807) is 12.1 Å². The number of hydrogen-bond acceptors (Lipinski definition) is 4. The molecule has 182 valence electrons. The number of ether oxygens (including phenoxy) is 2. The molecule has 0 aliphatic rings. The average Bonchev–Trinajstić information content (AvgIpc) is 2.91. The van der Waals surface area contributed by atoms with Crippen LogP contribution < -0.4 is 9.47 Å². The van der Waals surface area contributed by atoms with Gasteiger partial charge in [0.1, 0.15) is 13.2 Å². The van der Waals surface area contributed by atoms with Gasteiger partial charge in [0.05, 0.1) is 5.56 Å². The first-order chi connectivity index (χ1) is 17.6. The summed E-state index contributed by atoms with van der Waals surface area (Å²) in [4.78, 5) is 12.9. The minimum absolute atomic E-state index is 0.156. The van der Waals surface area contributed by atoms with Crippen molar-refractivity contribution >= 4 is 21.7 Å². The molecule has 0 heterocycles. The van der Waals surface area contributed by atoms with Crippen LogP contribution in [-0.4, -0.2) is 10.9 Å². The first-order valence-electron chi connectivity index (χ1n) is 11.7. The molecule has 0 aliphatic carbocycles. The maximum absolute atomic E-state index is 12.9. The van der Waals surface area contributed by atoms with Crippen molar-refractivity contribution in [3.05, 3.63) is 136 Å². The van der Waals surface area contributed by atoms with Gasteiger partial charge in [-0.25, -0.2) is 0 Å². The van der Waals surface area contributed by atoms with E-state index in [0.717, 1.165) is 22.0 Å². The first-order valence-corrected chi connectivity index (χ1v) is 12.5. The molecule has 0 aliphatic heterocycles. The van der Waals surface area contributed by atoms with Crippen molar-refractivity contribution in [3.8, 4) is 17.2 Å². The minimum atomic E-state index is -0.289. The number of allylic oxidation sites excluding steroid dienone is 2. The third-order valence-corrected chi connectivity index (χ3v) is 6.13. The summed E-state index contributed by atoms with van der Waals surface area (Å²) in [7, 11) is 0. The number of halogens is 1. The van der Waals surface area contributed by atoms with E-state index in [1.165, 1.54) is 11.6 Å². The molecule has 0 fully saturated rings. The van der Waals surface area contributed by atoms with Gasteiger partial charge >= 0.3 is 0 Å². The van der Waals surface area contributed by atoms with Gasteiger partial charge in [-0.2, -0.15) is 0 Å². The molecule has 4 aromatic carbocycles. The summed E-state index contributed by atoms with van der Waals surface area (Å²) in [6, 6.07) is 30.7. The largest absolute Gasteiger partial charge is 0.504 e. The number of aryl methyl sites for hydroxylation is 1. The number of aromatic hydroxyl groups is 1. The molecule has 0 amide bonds. The van der Waals surface area contributed by atoms with Gasteiger partial charge in [0.2, 0.25) is 5.75 Å². The number of hydrogen-bond donors (Lipinski definition) is 1. The van der Waals surface area contributed by atoms with Crippen molar-refractivity contribution in [2.75, 3.05) is 0 Å². The average molecular weight is 543 g/mol. The van der Waals surface area contributed by atoms with Crippen LogP contribution in [0.4, 0.5) is 0 Å². The maximum atomic E-state index is 12.9. The topological polar surface area (TPSA) is 55.8 Å². The van der Waals surface area contributed by atoms with E-state index in [0.29, 0.717) is 18.8 Å². The normalized spacial score (nSPS) is 10.9. The van der Waals surface area contributed by atoms with Crippen LogP contribution in [0.1, 0.15) is 33.5 Å². The summed E-state index contributed by atoms with van der Waals surface area (Å²) in [5, 5.41) is 11.0. The minimum Gasteiger partial charge on any atom is -0.504 e. The Morgan fingerprint density at radius 2 is 1.36 bits per heavy atom. The number of carbonyl (C=O) groups excluding carboxylic acids is 1. The Labute approximate surface area is 220 Å². The highest BCUT2D eigenvalue weighted by Gasteiger charge is 2.19. The van der Waals surface area contributed by atoms with Crippen LogP contribution in [0.15, 0.2) is 114 Å². The van der Waals surface area contributed by atoms with E-state index >= 15 is 0 Å². The fourth-order valence-electron chi connectivity index (χ4n) is 3.65. The van der Waals surface area contributed by atoms with Crippen LogP contribution in [0.25, 0.3) is 0 Å². The van der Waals surface area contributed by atoms with Crippen LogP contribution in [0.3, 0.4) is 0 Å². The number of ketones is 1.